The number of thioether (sulfide) groups is 1. The van der Waals surface area contributed by atoms with E-state index in [4.69, 9.17) is 5.11 Å². The maximum Gasteiger partial charge on any atom is 0.235 e. The van der Waals surface area contributed by atoms with Gasteiger partial charge in [-0.25, -0.2) is 0 Å². The lowest BCUT2D eigenvalue weighted by atomic mass is 10.4. The van der Waals surface area contributed by atoms with Gasteiger partial charge in [-0.15, -0.1) is 11.8 Å². The maximum absolute atomic E-state index is 11.5. The summed E-state index contributed by atoms with van der Waals surface area (Å²) in [5.74, 6) is 0.958. The SMILES string of the molecule is Cc1cc(NC(=O)CS[C@@H](C)CO)n(C)n1. The average molecular weight is 243 g/mol. The molecule has 0 fully saturated rings. The van der Waals surface area contributed by atoms with Crippen molar-refractivity contribution in [1.29, 1.82) is 0 Å². The van der Waals surface area contributed by atoms with Crippen LogP contribution in [0, 0.1) is 6.92 Å². The summed E-state index contributed by atoms with van der Waals surface area (Å²) in [6.07, 6.45) is 0. The summed E-state index contributed by atoms with van der Waals surface area (Å²) in [6.45, 7) is 3.84. The van der Waals surface area contributed by atoms with Gasteiger partial charge in [0.15, 0.2) is 0 Å². The van der Waals surface area contributed by atoms with Crippen LogP contribution in [-0.4, -0.2) is 38.4 Å². The summed E-state index contributed by atoms with van der Waals surface area (Å²) in [5.41, 5.74) is 0.870. The van der Waals surface area contributed by atoms with Crippen LogP contribution in [-0.2, 0) is 11.8 Å². The molecule has 1 aromatic rings. The fraction of sp³-hybridized carbons (Fsp3) is 0.600. The molecule has 1 atom stereocenters. The smallest absolute Gasteiger partial charge is 0.235 e. The Morgan fingerprint density at radius 1 is 1.75 bits per heavy atom. The van der Waals surface area contributed by atoms with Crippen LogP contribution >= 0.6 is 11.8 Å². The van der Waals surface area contributed by atoms with Crippen molar-refractivity contribution in [3.8, 4) is 0 Å². The van der Waals surface area contributed by atoms with Gasteiger partial charge in [-0.1, -0.05) is 6.92 Å². The number of aromatic nitrogens is 2. The predicted octanol–water partition coefficient (Wildman–Crippen LogP) is 0.781. The van der Waals surface area contributed by atoms with Crippen molar-refractivity contribution in [3.05, 3.63) is 11.8 Å². The molecule has 0 aliphatic heterocycles. The van der Waals surface area contributed by atoms with Gasteiger partial charge < -0.3 is 10.4 Å². The first kappa shape index (κ1) is 13.1. The van der Waals surface area contributed by atoms with E-state index >= 15 is 0 Å². The summed E-state index contributed by atoms with van der Waals surface area (Å²) in [7, 11) is 1.78. The number of amides is 1. The lowest BCUT2D eigenvalue weighted by Gasteiger charge is -2.08. The van der Waals surface area contributed by atoms with Crippen LogP contribution in [0.3, 0.4) is 0 Å². The first-order valence-electron chi connectivity index (χ1n) is 5.06. The van der Waals surface area contributed by atoms with Crippen LogP contribution in [0.15, 0.2) is 6.07 Å². The van der Waals surface area contributed by atoms with Gasteiger partial charge in [-0.05, 0) is 6.92 Å². The minimum absolute atomic E-state index is 0.0756. The number of aryl methyl sites for hydroxylation is 2. The minimum Gasteiger partial charge on any atom is -0.395 e. The molecule has 0 saturated carbocycles. The van der Waals surface area contributed by atoms with E-state index < -0.39 is 0 Å². The Balaban J connectivity index is 2.43. The Hall–Kier alpha value is -1.01. The van der Waals surface area contributed by atoms with Crippen LogP contribution in [0.25, 0.3) is 0 Å². The minimum atomic E-state index is -0.0756. The quantitative estimate of drug-likeness (QED) is 0.802. The molecule has 1 aromatic heterocycles. The summed E-state index contributed by atoms with van der Waals surface area (Å²) in [6, 6.07) is 1.82. The van der Waals surface area contributed by atoms with Gasteiger partial charge in [0, 0.05) is 18.4 Å². The number of hydrogen-bond donors (Lipinski definition) is 2. The highest BCUT2D eigenvalue weighted by Gasteiger charge is 2.09. The van der Waals surface area contributed by atoms with Gasteiger partial charge in [0.2, 0.25) is 5.91 Å². The zero-order valence-corrected chi connectivity index (χ0v) is 10.5. The second-order valence-corrected chi connectivity index (χ2v) is 5.07. The summed E-state index contributed by atoms with van der Waals surface area (Å²) < 4.78 is 1.63. The molecule has 0 unspecified atom stereocenters. The van der Waals surface area contributed by atoms with Crippen molar-refractivity contribution in [2.45, 2.75) is 19.1 Å². The average Bonchev–Trinajstić information content (AvgIpc) is 2.54. The van der Waals surface area contributed by atoms with E-state index in [0.29, 0.717) is 11.6 Å². The van der Waals surface area contributed by atoms with Crippen molar-refractivity contribution in [3.63, 3.8) is 0 Å². The van der Waals surface area contributed by atoms with E-state index in [1.54, 1.807) is 11.7 Å². The highest BCUT2D eigenvalue weighted by Crippen LogP contribution is 2.12. The molecule has 0 radical (unpaired) electrons. The van der Waals surface area contributed by atoms with Crippen LogP contribution in [0.1, 0.15) is 12.6 Å². The Bertz CT molecular complexity index is 365. The molecule has 1 heterocycles. The van der Waals surface area contributed by atoms with E-state index in [1.165, 1.54) is 11.8 Å². The van der Waals surface area contributed by atoms with Gasteiger partial charge in [0.25, 0.3) is 0 Å². The van der Waals surface area contributed by atoms with E-state index in [2.05, 4.69) is 10.4 Å². The molecular weight excluding hydrogens is 226 g/mol. The molecule has 0 aromatic carbocycles. The van der Waals surface area contributed by atoms with Crippen LogP contribution < -0.4 is 5.32 Å². The predicted molar refractivity (Wildman–Crippen MR) is 65.6 cm³/mol. The molecule has 6 heteroatoms. The molecule has 5 nitrogen and oxygen atoms in total. The Morgan fingerprint density at radius 2 is 2.44 bits per heavy atom. The molecule has 16 heavy (non-hydrogen) atoms. The van der Waals surface area contributed by atoms with Crippen LogP contribution in [0.2, 0.25) is 0 Å². The van der Waals surface area contributed by atoms with Crippen molar-refractivity contribution in [2.75, 3.05) is 17.7 Å². The molecule has 0 spiro atoms. The van der Waals surface area contributed by atoms with Crippen molar-refractivity contribution >= 4 is 23.5 Å². The highest BCUT2D eigenvalue weighted by atomic mass is 32.2. The Morgan fingerprint density at radius 3 is 2.94 bits per heavy atom. The molecule has 0 bridgehead atoms. The van der Waals surface area contributed by atoms with Crippen LogP contribution in [0.5, 0.6) is 0 Å². The Labute approximate surface area is 99.2 Å². The first-order valence-corrected chi connectivity index (χ1v) is 6.10. The summed E-state index contributed by atoms with van der Waals surface area (Å²) in [5, 5.41) is 15.8. The maximum atomic E-state index is 11.5. The molecule has 0 aliphatic carbocycles. The van der Waals surface area contributed by atoms with Gasteiger partial charge in [0.1, 0.15) is 5.82 Å². The third-order valence-corrected chi connectivity index (χ3v) is 3.17. The van der Waals surface area contributed by atoms with Crippen molar-refractivity contribution in [2.24, 2.45) is 7.05 Å². The van der Waals surface area contributed by atoms with E-state index in [-0.39, 0.29) is 17.8 Å². The molecule has 0 saturated heterocycles. The monoisotopic (exact) mass is 243 g/mol. The molecule has 1 rings (SSSR count). The van der Waals surface area contributed by atoms with E-state index in [1.807, 2.05) is 19.9 Å². The number of nitrogens with one attached hydrogen (secondary N) is 1. The van der Waals surface area contributed by atoms with E-state index in [0.717, 1.165) is 5.69 Å². The Kier molecular flexibility index (Phi) is 4.82. The van der Waals surface area contributed by atoms with Gasteiger partial charge in [-0.3, -0.25) is 9.48 Å². The lowest BCUT2D eigenvalue weighted by Crippen LogP contribution is -2.18. The number of carbonyl (C=O) groups is 1. The summed E-state index contributed by atoms with van der Waals surface area (Å²) in [4.78, 5) is 11.5. The standard InChI is InChI=1S/C10H17N3O2S/c1-7-4-9(13(3)12-7)11-10(15)6-16-8(2)5-14/h4,8,14H,5-6H2,1-3H3,(H,11,15)/t8-/m0/s1. The second-order valence-electron chi connectivity index (χ2n) is 3.65. The molecular formula is C10H17N3O2S. The topological polar surface area (TPSA) is 67.2 Å². The third-order valence-electron chi connectivity index (χ3n) is 2.03. The normalized spacial score (nSPS) is 12.5. The molecule has 0 aliphatic rings. The molecule has 2 N–H and O–H groups in total. The van der Waals surface area contributed by atoms with Crippen molar-refractivity contribution in [1.82, 2.24) is 9.78 Å². The van der Waals surface area contributed by atoms with Crippen molar-refractivity contribution < 1.29 is 9.90 Å². The number of aliphatic hydroxyl groups excluding tert-OH is 1. The zero-order valence-electron chi connectivity index (χ0n) is 9.73. The number of anilines is 1. The fourth-order valence-electron chi connectivity index (χ4n) is 1.18. The van der Waals surface area contributed by atoms with Gasteiger partial charge >= 0.3 is 0 Å². The fourth-order valence-corrected chi connectivity index (χ4v) is 1.79. The second kappa shape index (κ2) is 5.91. The first-order chi connectivity index (χ1) is 7.52. The largest absolute Gasteiger partial charge is 0.395 e. The van der Waals surface area contributed by atoms with E-state index in [9.17, 15) is 4.79 Å². The number of aliphatic hydroxyl groups is 1. The lowest BCUT2D eigenvalue weighted by molar-refractivity contribution is -0.113. The number of hydrogen-bond acceptors (Lipinski definition) is 4. The number of nitrogens with zero attached hydrogens (tertiary/aromatic N) is 2. The summed E-state index contributed by atoms with van der Waals surface area (Å²) >= 11 is 1.42. The number of carbonyl (C=O) groups excluding carboxylic acids is 1. The van der Waals surface area contributed by atoms with Gasteiger partial charge in [0.05, 0.1) is 18.1 Å². The number of rotatable bonds is 5. The molecule has 90 valence electrons. The zero-order chi connectivity index (χ0) is 12.1. The third kappa shape index (κ3) is 3.86. The molecule has 1 amide bonds. The van der Waals surface area contributed by atoms with Gasteiger partial charge in [-0.2, -0.15) is 5.10 Å². The van der Waals surface area contributed by atoms with Crippen LogP contribution in [0.4, 0.5) is 5.82 Å². The highest BCUT2D eigenvalue weighted by molar-refractivity contribution is 8.00.